The van der Waals surface area contributed by atoms with Crippen molar-refractivity contribution in [3.8, 4) is 0 Å². The molecule has 0 radical (unpaired) electrons. The number of esters is 2. The molecule has 1 saturated heterocycles. The molecule has 16 nitrogen and oxygen atoms in total. The molecule has 0 saturated carbocycles. The van der Waals surface area contributed by atoms with Gasteiger partial charge < -0.3 is 20.5 Å². The van der Waals surface area contributed by atoms with Crippen LogP contribution in [0.1, 0.15) is 49.4 Å². The minimum Gasteiger partial charge on any atom is -0.460 e. The van der Waals surface area contributed by atoms with Crippen LogP contribution in [0, 0.1) is 10.1 Å². The molecule has 286 valence electrons. The molecule has 3 aromatic carbocycles. The van der Waals surface area contributed by atoms with E-state index < -0.39 is 55.2 Å². The Balaban J connectivity index is 0.000000669. The molecule has 5 N–H and O–H groups in total. The molecule has 0 bridgehead atoms. The normalized spacial score (nSPS) is 16.4. The fourth-order valence-electron chi connectivity index (χ4n) is 5.64. The number of carbonyl (C=O) groups excluding carboxylic acids is 2. The maximum Gasteiger partial charge on any atom is 0.339 e. The molecule has 1 atom stereocenters. The number of carbonyl (C=O) groups is 2. The SMILES string of the molecule is CC1=C(C(=O)OC(C)C)C(c2cccc([N+](=O)[O-])c2)C(C(=O)OC2CN(C(c3ccccc3)c3ccccc3)C2)=C(N)N1.CS(=O)(=O)O.CS(=O)(=O)O. The lowest BCUT2D eigenvalue weighted by Gasteiger charge is -2.44. The number of hydrogen-bond acceptors (Lipinski definition) is 13. The Kier molecular flexibility index (Phi) is 14.4. The smallest absolute Gasteiger partial charge is 0.339 e. The van der Waals surface area contributed by atoms with Crippen molar-refractivity contribution in [1.29, 1.82) is 0 Å². The fourth-order valence-corrected chi connectivity index (χ4v) is 5.64. The van der Waals surface area contributed by atoms with Crippen molar-refractivity contribution in [3.63, 3.8) is 0 Å². The molecule has 1 unspecified atom stereocenters. The summed E-state index contributed by atoms with van der Waals surface area (Å²) in [5, 5.41) is 14.5. The first-order chi connectivity index (χ1) is 24.6. The minimum atomic E-state index is -3.67. The van der Waals surface area contributed by atoms with Crippen LogP contribution < -0.4 is 11.1 Å². The Morgan fingerprint density at radius 2 is 1.36 bits per heavy atom. The van der Waals surface area contributed by atoms with Crippen LogP contribution in [0.25, 0.3) is 0 Å². The lowest BCUT2D eigenvalue weighted by atomic mass is 9.81. The number of nitrogens with zero attached hydrogens (tertiary/aromatic N) is 2. The van der Waals surface area contributed by atoms with E-state index in [1.165, 1.54) is 18.2 Å². The van der Waals surface area contributed by atoms with E-state index in [1.54, 1.807) is 26.8 Å². The predicted octanol–water partition coefficient (Wildman–Crippen LogP) is 3.70. The second kappa shape index (κ2) is 18.1. The summed E-state index contributed by atoms with van der Waals surface area (Å²) in [5.74, 6) is -2.37. The van der Waals surface area contributed by atoms with Gasteiger partial charge in [-0.3, -0.25) is 24.1 Å². The van der Waals surface area contributed by atoms with Gasteiger partial charge in [0.1, 0.15) is 11.9 Å². The Morgan fingerprint density at radius 3 is 1.81 bits per heavy atom. The van der Waals surface area contributed by atoms with Gasteiger partial charge in [0.15, 0.2) is 0 Å². The number of nitrogens with one attached hydrogen (secondary N) is 1. The summed E-state index contributed by atoms with van der Waals surface area (Å²) in [6.07, 6.45) is 0.576. The molecule has 2 aliphatic rings. The number of dihydropyridines is 1. The van der Waals surface area contributed by atoms with Crippen molar-refractivity contribution in [2.45, 2.75) is 44.9 Å². The zero-order valence-corrected chi connectivity index (χ0v) is 31.2. The number of likely N-dealkylation sites (tertiary alicyclic amines) is 1. The largest absolute Gasteiger partial charge is 0.460 e. The number of benzene rings is 3. The number of hydrogen-bond donors (Lipinski definition) is 4. The molecule has 0 spiro atoms. The van der Waals surface area contributed by atoms with E-state index in [9.17, 15) is 36.5 Å². The van der Waals surface area contributed by atoms with Crippen molar-refractivity contribution in [2.24, 2.45) is 5.73 Å². The van der Waals surface area contributed by atoms with Gasteiger partial charge in [0.2, 0.25) is 0 Å². The number of rotatable bonds is 9. The van der Waals surface area contributed by atoms with Gasteiger partial charge in [-0.15, -0.1) is 0 Å². The van der Waals surface area contributed by atoms with Gasteiger partial charge in [0, 0.05) is 30.9 Å². The van der Waals surface area contributed by atoms with Gasteiger partial charge in [-0.25, -0.2) is 9.59 Å². The van der Waals surface area contributed by atoms with Crippen LogP contribution in [0.5, 0.6) is 0 Å². The third-order valence-electron chi connectivity index (χ3n) is 7.54. The molecule has 5 rings (SSSR count). The summed E-state index contributed by atoms with van der Waals surface area (Å²) in [4.78, 5) is 40.4. The lowest BCUT2D eigenvalue weighted by Crippen LogP contribution is -2.54. The Morgan fingerprint density at radius 1 is 0.868 bits per heavy atom. The van der Waals surface area contributed by atoms with E-state index in [-0.39, 0.29) is 28.7 Å². The predicted molar refractivity (Wildman–Crippen MR) is 195 cm³/mol. The number of nitro benzene ring substituents is 1. The van der Waals surface area contributed by atoms with Gasteiger partial charge in [-0.2, -0.15) is 16.8 Å². The maximum atomic E-state index is 13.8. The van der Waals surface area contributed by atoms with Crippen LogP contribution in [-0.2, 0) is 39.3 Å². The highest BCUT2D eigenvalue weighted by Gasteiger charge is 2.42. The molecule has 2 heterocycles. The highest BCUT2D eigenvalue weighted by Crippen LogP contribution is 2.40. The number of non-ortho nitro benzene ring substituents is 1. The number of allylic oxidation sites excluding steroid dienone is 1. The van der Waals surface area contributed by atoms with E-state index in [1.807, 2.05) is 36.4 Å². The van der Waals surface area contributed by atoms with Crippen LogP contribution >= 0.6 is 0 Å². The average Bonchev–Trinajstić information content (AvgIpc) is 3.02. The second-order valence-electron chi connectivity index (χ2n) is 12.4. The van der Waals surface area contributed by atoms with E-state index in [2.05, 4.69) is 34.5 Å². The minimum absolute atomic E-state index is 0.00271. The van der Waals surface area contributed by atoms with Gasteiger partial charge in [-0.1, -0.05) is 72.8 Å². The zero-order valence-electron chi connectivity index (χ0n) is 29.6. The first kappa shape index (κ1) is 42.3. The van der Waals surface area contributed by atoms with E-state index in [4.69, 9.17) is 24.3 Å². The molecule has 3 aromatic rings. The van der Waals surface area contributed by atoms with Crippen LogP contribution in [-0.4, -0.2) is 85.5 Å². The Labute approximate surface area is 307 Å². The summed E-state index contributed by atoms with van der Waals surface area (Å²) in [6.45, 7) is 6.05. The zero-order chi connectivity index (χ0) is 39.7. The molecule has 0 amide bonds. The van der Waals surface area contributed by atoms with Crippen molar-refractivity contribution >= 4 is 37.9 Å². The van der Waals surface area contributed by atoms with Crippen LogP contribution in [0.3, 0.4) is 0 Å². The number of nitrogens with two attached hydrogens (primary N) is 1. The average molecular weight is 775 g/mol. The van der Waals surface area contributed by atoms with Crippen LogP contribution in [0.2, 0.25) is 0 Å². The van der Waals surface area contributed by atoms with Crippen molar-refractivity contribution < 1.29 is 49.9 Å². The molecule has 0 aromatic heterocycles. The summed E-state index contributed by atoms with van der Waals surface area (Å²) < 4.78 is 63.2. The fraction of sp³-hybridized carbons (Fsp3) is 0.314. The van der Waals surface area contributed by atoms with Crippen LogP contribution in [0.15, 0.2) is 108 Å². The molecule has 53 heavy (non-hydrogen) atoms. The highest BCUT2D eigenvalue weighted by molar-refractivity contribution is 7.85. The quantitative estimate of drug-likeness (QED) is 0.105. The summed E-state index contributed by atoms with van der Waals surface area (Å²) in [5.41, 5.74) is 9.31. The third-order valence-corrected chi connectivity index (χ3v) is 7.54. The Hall–Kier alpha value is -5.14. The van der Waals surface area contributed by atoms with E-state index in [0.29, 0.717) is 36.9 Å². The summed E-state index contributed by atoms with van der Waals surface area (Å²) in [7, 11) is -7.33. The molecular weight excluding hydrogens is 733 g/mol. The van der Waals surface area contributed by atoms with Crippen molar-refractivity contribution in [1.82, 2.24) is 10.2 Å². The van der Waals surface area contributed by atoms with Crippen molar-refractivity contribution in [3.05, 3.63) is 134 Å². The highest BCUT2D eigenvalue weighted by atomic mass is 32.2. The second-order valence-corrected chi connectivity index (χ2v) is 15.3. The first-order valence-electron chi connectivity index (χ1n) is 16.0. The standard InChI is InChI=1S/C33H34N4O6.2CH4O3S/c1-20(2)42-32(38)27-21(3)35-31(34)29(28(27)24-15-10-16-25(17-24)37(40)41)33(39)43-26-18-36(19-26)30(22-11-6-4-7-12-22)23-13-8-5-9-14-23;2*1-5(2,3)4/h4-17,20,26,28,30,35H,18-19,34H2,1-3H3;2*1H3,(H,2,3,4). The molecule has 18 heteroatoms. The summed E-state index contributed by atoms with van der Waals surface area (Å²) >= 11 is 0. The lowest BCUT2D eigenvalue weighted by molar-refractivity contribution is -0.384. The first-order valence-corrected chi connectivity index (χ1v) is 19.7. The van der Waals surface area contributed by atoms with Gasteiger partial charge in [0.05, 0.1) is 46.6 Å². The third kappa shape index (κ3) is 13.1. The maximum absolute atomic E-state index is 13.8. The van der Waals surface area contributed by atoms with Crippen LogP contribution in [0.4, 0.5) is 5.69 Å². The molecular formula is C35H42N4O12S2. The van der Waals surface area contributed by atoms with Gasteiger partial charge in [0.25, 0.3) is 25.9 Å². The number of ether oxygens (including phenoxy) is 2. The summed E-state index contributed by atoms with van der Waals surface area (Å²) in [6, 6.07) is 26.0. The van der Waals surface area contributed by atoms with E-state index >= 15 is 0 Å². The monoisotopic (exact) mass is 774 g/mol. The molecule has 2 aliphatic heterocycles. The van der Waals surface area contributed by atoms with Gasteiger partial charge in [-0.05, 0) is 37.5 Å². The van der Waals surface area contributed by atoms with Crippen molar-refractivity contribution in [2.75, 3.05) is 25.6 Å². The molecule has 1 fully saturated rings. The topological polar surface area (TPSA) is 246 Å². The molecule has 0 aliphatic carbocycles. The van der Waals surface area contributed by atoms with Gasteiger partial charge >= 0.3 is 11.9 Å². The number of nitro groups is 1. The Bertz CT molecular complexity index is 1980. The van der Waals surface area contributed by atoms with E-state index in [0.717, 1.165) is 11.1 Å².